The van der Waals surface area contributed by atoms with Crippen LogP contribution in [0, 0.1) is 0 Å². The molecule has 1 saturated heterocycles. The van der Waals surface area contributed by atoms with E-state index in [0.29, 0.717) is 6.61 Å². The minimum Gasteiger partial charge on any atom is -0.400 e. The van der Waals surface area contributed by atoms with Crippen molar-refractivity contribution in [1.82, 2.24) is 0 Å². The molecule has 0 aromatic rings. The van der Waals surface area contributed by atoms with Crippen LogP contribution in [0.3, 0.4) is 0 Å². The molecule has 0 amide bonds. The summed E-state index contributed by atoms with van der Waals surface area (Å²) < 4.78 is 10.9. The van der Waals surface area contributed by atoms with Crippen molar-refractivity contribution in [2.24, 2.45) is 0 Å². The van der Waals surface area contributed by atoms with Gasteiger partial charge >= 0.3 is 0 Å². The molecule has 5 atom stereocenters. The molecule has 1 aliphatic heterocycles. The molecule has 4 N–H and O–H groups in total. The van der Waals surface area contributed by atoms with Gasteiger partial charge in [-0.15, -0.1) is 0 Å². The molecule has 23 heavy (non-hydrogen) atoms. The number of hydrogen-bond acceptors (Lipinski definition) is 6. The zero-order valence-electron chi connectivity index (χ0n) is 14.9. The lowest BCUT2D eigenvalue weighted by Crippen LogP contribution is -2.57. The Morgan fingerprint density at radius 3 is 1.87 bits per heavy atom. The summed E-state index contributed by atoms with van der Waals surface area (Å²) in [5.41, 5.74) is 0. The van der Waals surface area contributed by atoms with Crippen molar-refractivity contribution in [3.8, 4) is 0 Å². The van der Waals surface area contributed by atoms with Crippen LogP contribution in [0.5, 0.6) is 0 Å². The second-order valence-corrected chi connectivity index (χ2v) is 6.03. The first kappa shape index (κ1) is 22.8. The van der Waals surface area contributed by atoms with Gasteiger partial charge in [-0.2, -0.15) is 0 Å². The van der Waals surface area contributed by atoms with Gasteiger partial charge in [-0.1, -0.05) is 51.9 Å². The molecule has 0 aromatic heterocycles. The van der Waals surface area contributed by atoms with Crippen molar-refractivity contribution < 1.29 is 29.9 Å². The number of ether oxygens (including phenoxy) is 2. The fourth-order valence-corrected chi connectivity index (χ4v) is 2.59. The van der Waals surface area contributed by atoms with Crippen molar-refractivity contribution in [3.05, 3.63) is 0 Å². The third kappa shape index (κ3) is 8.98. The van der Waals surface area contributed by atoms with Crippen LogP contribution < -0.4 is 0 Å². The van der Waals surface area contributed by atoms with E-state index in [0.717, 1.165) is 20.0 Å². The number of aliphatic hydroxyl groups excluding tert-OH is 4. The van der Waals surface area contributed by atoms with E-state index in [2.05, 4.69) is 6.92 Å². The van der Waals surface area contributed by atoms with E-state index in [1.165, 1.54) is 38.5 Å². The van der Waals surface area contributed by atoms with Crippen LogP contribution in [0.15, 0.2) is 0 Å². The molecule has 6 nitrogen and oxygen atoms in total. The van der Waals surface area contributed by atoms with Crippen LogP contribution >= 0.6 is 0 Å². The fourth-order valence-electron chi connectivity index (χ4n) is 2.59. The molecule has 0 spiro atoms. The Hall–Kier alpha value is -0.240. The minimum absolute atomic E-state index is 0.506. The zero-order chi connectivity index (χ0) is 17.7. The highest BCUT2D eigenvalue weighted by Gasteiger charge is 2.42. The predicted molar refractivity (Wildman–Crippen MR) is 89.1 cm³/mol. The van der Waals surface area contributed by atoms with Gasteiger partial charge in [0.2, 0.25) is 0 Å². The molecule has 4 unspecified atom stereocenters. The normalized spacial score (nSPS) is 30.7. The van der Waals surface area contributed by atoms with E-state index in [4.69, 9.17) is 14.6 Å². The van der Waals surface area contributed by atoms with Crippen LogP contribution in [0.4, 0.5) is 0 Å². The maximum atomic E-state index is 9.79. The van der Waals surface area contributed by atoms with Gasteiger partial charge in [-0.25, -0.2) is 0 Å². The molecule has 1 heterocycles. The SMILES string of the molecule is CCCCCCCCCCOC1OC(C)C(O)[C@H](O)C1O.CO. The van der Waals surface area contributed by atoms with Crippen LogP contribution in [0.25, 0.3) is 0 Å². The maximum absolute atomic E-state index is 9.79. The Kier molecular flexibility index (Phi) is 14.0. The van der Waals surface area contributed by atoms with E-state index in [1.54, 1.807) is 6.92 Å². The monoisotopic (exact) mass is 336 g/mol. The smallest absolute Gasteiger partial charge is 0.186 e. The summed E-state index contributed by atoms with van der Waals surface area (Å²) in [4.78, 5) is 0. The summed E-state index contributed by atoms with van der Waals surface area (Å²) in [6.07, 6.45) is 4.89. The Bertz CT molecular complexity index is 263. The van der Waals surface area contributed by atoms with Gasteiger partial charge in [0.05, 0.1) is 6.10 Å². The molecule has 6 heteroatoms. The van der Waals surface area contributed by atoms with Crippen LogP contribution in [-0.4, -0.2) is 64.8 Å². The summed E-state index contributed by atoms with van der Waals surface area (Å²) in [6.45, 7) is 4.38. The van der Waals surface area contributed by atoms with Gasteiger partial charge in [0.15, 0.2) is 6.29 Å². The second-order valence-electron chi connectivity index (χ2n) is 6.03. The molecule has 1 aliphatic rings. The van der Waals surface area contributed by atoms with Crippen LogP contribution in [0.1, 0.15) is 65.2 Å². The largest absolute Gasteiger partial charge is 0.400 e. The Morgan fingerprint density at radius 1 is 0.783 bits per heavy atom. The first-order chi connectivity index (χ1) is 11.1. The zero-order valence-corrected chi connectivity index (χ0v) is 14.9. The molecule has 0 radical (unpaired) electrons. The molecule has 1 fully saturated rings. The summed E-state index contributed by atoms with van der Waals surface area (Å²) in [6, 6.07) is 0. The molecular weight excluding hydrogens is 300 g/mol. The van der Waals surface area contributed by atoms with E-state index in [1.807, 2.05) is 0 Å². The van der Waals surface area contributed by atoms with Crippen molar-refractivity contribution in [3.63, 3.8) is 0 Å². The Labute approximate surface area is 140 Å². The molecule has 0 bridgehead atoms. The van der Waals surface area contributed by atoms with Gasteiger partial charge in [0.1, 0.15) is 18.3 Å². The second kappa shape index (κ2) is 14.1. The van der Waals surface area contributed by atoms with E-state index in [9.17, 15) is 15.3 Å². The summed E-state index contributed by atoms with van der Waals surface area (Å²) in [5.74, 6) is 0. The highest BCUT2D eigenvalue weighted by molar-refractivity contribution is 4.87. The van der Waals surface area contributed by atoms with E-state index in [-0.39, 0.29) is 0 Å². The van der Waals surface area contributed by atoms with Gasteiger partial charge in [0, 0.05) is 13.7 Å². The third-order valence-electron chi connectivity index (χ3n) is 4.09. The predicted octanol–water partition coefficient (Wildman–Crippen LogP) is 1.58. The summed E-state index contributed by atoms with van der Waals surface area (Å²) in [7, 11) is 1.00. The minimum atomic E-state index is -1.21. The van der Waals surface area contributed by atoms with Crippen LogP contribution in [0.2, 0.25) is 0 Å². The molecule has 140 valence electrons. The summed E-state index contributed by atoms with van der Waals surface area (Å²) >= 11 is 0. The third-order valence-corrected chi connectivity index (χ3v) is 4.09. The lowest BCUT2D eigenvalue weighted by molar-refractivity contribution is -0.293. The molecule has 1 rings (SSSR count). The maximum Gasteiger partial charge on any atom is 0.186 e. The molecule has 0 aliphatic carbocycles. The van der Waals surface area contributed by atoms with Gasteiger partial charge in [-0.3, -0.25) is 0 Å². The number of rotatable bonds is 10. The van der Waals surface area contributed by atoms with Crippen molar-refractivity contribution in [2.75, 3.05) is 13.7 Å². The van der Waals surface area contributed by atoms with Gasteiger partial charge < -0.3 is 29.9 Å². The highest BCUT2D eigenvalue weighted by atomic mass is 16.7. The summed E-state index contributed by atoms with van der Waals surface area (Å²) in [5, 5.41) is 36.0. The Morgan fingerprint density at radius 2 is 1.30 bits per heavy atom. The van der Waals surface area contributed by atoms with Crippen molar-refractivity contribution >= 4 is 0 Å². The Balaban J connectivity index is 0.00000232. The van der Waals surface area contributed by atoms with Crippen molar-refractivity contribution in [1.29, 1.82) is 0 Å². The molecular formula is C17H36O6. The highest BCUT2D eigenvalue weighted by Crippen LogP contribution is 2.22. The number of hydrogen-bond donors (Lipinski definition) is 4. The first-order valence-electron chi connectivity index (χ1n) is 8.84. The van der Waals surface area contributed by atoms with Crippen LogP contribution in [-0.2, 0) is 9.47 Å². The lowest BCUT2D eigenvalue weighted by Gasteiger charge is -2.38. The lowest BCUT2D eigenvalue weighted by atomic mass is 10.00. The molecule has 0 saturated carbocycles. The number of unbranched alkanes of at least 4 members (excludes halogenated alkanes) is 7. The van der Waals surface area contributed by atoms with Crippen molar-refractivity contribution in [2.45, 2.75) is 95.9 Å². The first-order valence-corrected chi connectivity index (χ1v) is 8.84. The van der Waals surface area contributed by atoms with E-state index < -0.39 is 30.7 Å². The quantitative estimate of drug-likeness (QED) is 0.452. The molecule has 0 aromatic carbocycles. The fraction of sp³-hybridized carbons (Fsp3) is 1.00. The average molecular weight is 336 g/mol. The van der Waals surface area contributed by atoms with E-state index >= 15 is 0 Å². The topological polar surface area (TPSA) is 99.4 Å². The van der Waals surface area contributed by atoms with Gasteiger partial charge in [0.25, 0.3) is 0 Å². The standard InChI is InChI=1S/C16H32O5.CH4O/c1-3-4-5-6-7-8-9-10-11-20-16-15(19)14(18)13(17)12(2)21-16;1-2/h12-19H,3-11H2,1-2H3;2H,1H3/t12?,13?,14-,15?,16?;/m0./s1. The van der Waals surface area contributed by atoms with Gasteiger partial charge in [-0.05, 0) is 13.3 Å². The number of aliphatic hydroxyl groups is 4. The average Bonchev–Trinajstić information content (AvgIpc) is 2.57.